The molecule has 0 aliphatic rings. The first kappa shape index (κ1) is 22.1. The Hall–Kier alpha value is -3.18. The monoisotopic (exact) mass is 441 g/mol. The Kier molecular flexibility index (Phi) is 6.77. The van der Waals surface area contributed by atoms with E-state index in [9.17, 15) is 28.1 Å². The Balaban J connectivity index is 2.57. The molecule has 2 rings (SSSR count). The van der Waals surface area contributed by atoms with E-state index < -0.39 is 33.1 Å². The summed E-state index contributed by atoms with van der Waals surface area (Å²) in [6.07, 6.45) is 0. The van der Waals surface area contributed by atoms with Gasteiger partial charge in [-0.05, 0) is 30.3 Å². The number of esters is 1. The summed E-state index contributed by atoms with van der Waals surface area (Å²) in [6, 6.07) is 8.38. The maximum atomic E-state index is 13.2. The number of ether oxygens (including phenoxy) is 1. The van der Waals surface area contributed by atoms with Crippen LogP contribution in [0, 0.1) is 10.1 Å². The van der Waals surface area contributed by atoms with Crippen molar-refractivity contribution in [3.8, 4) is 0 Å². The number of carbonyl (C=O) groups is 2. The highest BCUT2D eigenvalue weighted by molar-refractivity contribution is 7.92. The maximum absolute atomic E-state index is 13.2. The van der Waals surface area contributed by atoms with Crippen molar-refractivity contribution in [2.45, 2.75) is 11.8 Å². The van der Waals surface area contributed by atoms with Crippen LogP contribution in [0.1, 0.15) is 6.92 Å². The highest BCUT2D eigenvalue weighted by Gasteiger charge is 2.30. The molecule has 1 amide bonds. The molecule has 0 heterocycles. The highest BCUT2D eigenvalue weighted by atomic mass is 35.5. The molecular formula is C17H16ClN3O7S. The van der Waals surface area contributed by atoms with E-state index in [2.05, 4.69) is 10.1 Å². The Morgan fingerprint density at radius 2 is 1.83 bits per heavy atom. The molecule has 0 fully saturated rings. The number of halogens is 1. The first-order valence-electron chi connectivity index (χ1n) is 7.97. The minimum absolute atomic E-state index is 0.113. The standard InChI is InChI=1S/C17H16ClN3O7S/c1-11(22)19-12-3-6-14(7-4-12)29(26,27)20(10-17(23)28-2)16-9-13(21(24)25)5-8-15(16)18/h3-9H,10H2,1-2H3,(H,19,22). The van der Waals surface area contributed by atoms with Gasteiger partial charge in [-0.1, -0.05) is 11.6 Å². The quantitative estimate of drug-likeness (QED) is 0.396. The molecule has 29 heavy (non-hydrogen) atoms. The van der Waals surface area contributed by atoms with E-state index >= 15 is 0 Å². The second-order valence-electron chi connectivity index (χ2n) is 5.69. The van der Waals surface area contributed by atoms with Crippen LogP contribution in [0.15, 0.2) is 47.4 Å². The number of amides is 1. The van der Waals surface area contributed by atoms with Crippen molar-refractivity contribution in [2.75, 3.05) is 23.3 Å². The molecule has 0 unspecified atom stereocenters. The number of hydrogen-bond acceptors (Lipinski definition) is 7. The van der Waals surface area contributed by atoms with Gasteiger partial charge in [0.25, 0.3) is 15.7 Å². The number of hydrogen-bond donors (Lipinski definition) is 1. The lowest BCUT2D eigenvalue weighted by Crippen LogP contribution is -2.36. The maximum Gasteiger partial charge on any atom is 0.326 e. The van der Waals surface area contributed by atoms with E-state index in [-0.39, 0.29) is 21.5 Å². The van der Waals surface area contributed by atoms with Crippen molar-refractivity contribution in [1.82, 2.24) is 0 Å². The van der Waals surface area contributed by atoms with Crippen LogP contribution < -0.4 is 9.62 Å². The van der Waals surface area contributed by atoms with Gasteiger partial charge in [0.05, 0.1) is 27.6 Å². The van der Waals surface area contributed by atoms with Gasteiger partial charge in [-0.15, -0.1) is 0 Å². The second kappa shape index (κ2) is 8.88. The minimum Gasteiger partial charge on any atom is -0.468 e. The molecule has 0 bridgehead atoms. The van der Waals surface area contributed by atoms with E-state index in [4.69, 9.17) is 11.6 Å². The summed E-state index contributed by atoms with van der Waals surface area (Å²) in [5.74, 6) is -1.23. The van der Waals surface area contributed by atoms with Gasteiger partial charge in [0.15, 0.2) is 0 Å². The summed E-state index contributed by atoms with van der Waals surface area (Å²) in [5, 5.41) is 13.5. The zero-order chi connectivity index (χ0) is 21.8. The van der Waals surface area contributed by atoms with Crippen molar-refractivity contribution >= 4 is 50.6 Å². The number of rotatable bonds is 7. The molecule has 1 N–H and O–H groups in total. The van der Waals surface area contributed by atoms with Crippen molar-refractivity contribution in [1.29, 1.82) is 0 Å². The molecule has 154 valence electrons. The summed E-state index contributed by atoms with van der Waals surface area (Å²) < 4.78 is 31.5. The van der Waals surface area contributed by atoms with Gasteiger partial charge in [-0.25, -0.2) is 8.42 Å². The fraction of sp³-hybridized carbons (Fsp3) is 0.176. The predicted octanol–water partition coefficient (Wildman–Crippen LogP) is 2.57. The number of anilines is 2. The highest BCUT2D eigenvalue weighted by Crippen LogP contribution is 2.34. The third-order valence-corrected chi connectivity index (χ3v) is 5.77. The van der Waals surface area contributed by atoms with Crippen LogP contribution in [0.4, 0.5) is 17.1 Å². The average Bonchev–Trinajstić information content (AvgIpc) is 2.66. The summed E-state index contributed by atoms with van der Waals surface area (Å²) >= 11 is 6.07. The largest absolute Gasteiger partial charge is 0.468 e. The number of methoxy groups -OCH3 is 1. The summed E-state index contributed by atoms with van der Waals surface area (Å²) in [4.78, 5) is 33.1. The molecule has 0 aliphatic carbocycles. The normalized spacial score (nSPS) is 10.9. The number of nitrogens with zero attached hydrogens (tertiary/aromatic N) is 2. The molecule has 0 spiro atoms. The third kappa shape index (κ3) is 5.21. The fourth-order valence-corrected chi connectivity index (χ4v) is 4.02. The molecular weight excluding hydrogens is 426 g/mol. The second-order valence-corrected chi connectivity index (χ2v) is 7.96. The van der Waals surface area contributed by atoms with Crippen LogP contribution in [0.5, 0.6) is 0 Å². The van der Waals surface area contributed by atoms with Crippen molar-refractivity contribution < 1.29 is 27.7 Å². The van der Waals surface area contributed by atoms with Crippen molar-refractivity contribution in [3.63, 3.8) is 0 Å². The molecule has 0 saturated heterocycles. The smallest absolute Gasteiger partial charge is 0.326 e. The van der Waals surface area contributed by atoms with Gasteiger partial charge < -0.3 is 10.1 Å². The SMILES string of the molecule is COC(=O)CN(c1cc([N+](=O)[O-])ccc1Cl)S(=O)(=O)c1ccc(NC(C)=O)cc1. The lowest BCUT2D eigenvalue weighted by molar-refractivity contribution is -0.384. The third-order valence-electron chi connectivity index (χ3n) is 3.67. The molecule has 0 aromatic heterocycles. The molecule has 0 aliphatic heterocycles. The van der Waals surface area contributed by atoms with Gasteiger partial charge in [0, 0.05) is 24.7 Å². The zero-order valence-electron chi connectivity index (χ0n) is 15.3. The Morgan fingerprint density at radius 1 is 1.21 bits per heavy atom. The summed E-state index contributed by atoms with van der Waals surface area (Å²) in [6.45, 7) is 0.542. The molecule has 0 saturated carbocycles. The zero-order valence-corrected chi connectivity index (χ0v) is 16.9. The Labute approximate surface area is 171 Å². The fourth-order valence-electron chi connectivity index (χ4n) is 2.33. The van der Waals surface area contributed by atoms with E-state index in [0.717, 1.165) is 25.3 Å². The van der Waals surface area contributed by atoms with E-state index in [0.29, 0.717) is 9.99 Å². The van der Waals surface area contributed by atoms with Crippen LogP contribution in [0.3, 0.4) is 0 Å². The van der Waals surface area contributed by atoms with Gasteiger partial charge in [0.1, 0.15) is 6.54 Å². The summed E-state index contributed by atoms with van der Waals surface area (Å²) in [5.41, 5.74) is -0.294. The van der Waals surface area contributed by atoms with Crippen LogP contribution in [-0.4, -0.2) is 38.9 Å². The first-order valence-corrected chi connectivity index (χ1v) is 9.79. The molecule has 2 aromatic carbocycles. The van der Waals surface area contributed by atoms with Crippen LogP contribution >= 0.6 is 11.6 Å². The van der Waals surface area contributed by atoms with E-state index in [1.54, 1.807) is 0 Å². The van der Waals surface area contributed by atoms with Crippen LogP contribution in [0.2, 0.25) is 5.02 Å². The Morgan fingerprint density at radius 3 is 2.34 bits per heavy atom. The van der Waals surface area contributed by atoms with Gasteiger partial charge in [0.2, 0.25) is 5.91 Å². The number of carbonyl (C=O) groups excluding carboxylic acids is 2. The molecule has 0 atom stereocenters. The number of benzene rings is 2. The van der Waals surface area contributed by atoms with E-state index in [1.165, 1.54) is 31.2 Å². The van der Waals surface area contributed by atoms with E-state index in [1.807, 2.05) is 0 Å². The van der Waals surface area contributed by atoms with Crippen LogP contribution in [0.25, 0.3) is 0 Å². The minimum atomic E-state index is -4.36. The summed E-state index contributed by atoms with van der Waals surface area (Å²) in [7, 11) is -3.28. The number of nitro benzene ring substituents is 1. The lowest BCUT2D eigenvalue weighted by atomic mass is 10.3. The Bertz CT molecular complexity index is 1060. The number of sulfonamides is 1. The molecule has 0 radical (unpaired) electrons. The van der Waals surface area contributed by atoms with Gasteiger partial charge >= 0.3 is 5.97 Å². The van der Waals surface area contributed by atoms with Crippen LogP contribution in [-0.2, 0) is 24.3 Å². The number of nitrogens with one attached hydrogen (secondary N) is 1. The number of non-ortho nitro benzene ring substituents is 1. The van der Waals surface area contributed by atoms with Gasteiger partial charge in [-0.3, -0.25) is 24.0 Å². The lowest BCUT2D eigenvalue weighted by Gasteiger charge is -2.24. The molecule has 2 aromatic rings. The van der Waals surface area contributed by atoms with Crippen molar-refractivity contribution in [2.24, 2.45) is 0 Å². The average molecular weight is 442 g/mol. The molecule has 12 heteroatoms. The topological polar surface area (TPSA) is 136 Å². The van der Waals surface area contributed by atoms with Gasteiger partial charge in [-0.2, -0.15) is 0 Å². The first-order chi connectivity index (χ1) is 13.6. The van der Waals surface area contributed by atoms with Crippen molar-refractivity contribution in [3.05, 3.63) is 57.6 Å². The number of nitro groups is 1. The predicted molar refractivity (Wildman–Crippen MR) is 105 cm³/mol. The molecule has 10 nitrogen and oxygen atoms in total.